The summed E-state index contributed by atoms with van der Waals surface area (Å²) in [6, 6.07) is 9.58. The van der Waals surface area contributed by atoms with Gasteiger partial charge in [-0.2, -0.15) is 0 Å². The van der Waals surface area contributed by atoms with Gasteiger partial charge in [-0.25, -0.2) is 4.68 Å². The molecule has 3 aromatic rings. The van der Waals surface area contributed by atoms with Crippen LogP contribution in [0.15, 0.2) is 41.1 Å². The second-order valence-corrected chi connectivity index (χ2v) is 7.79. The molecule has 10 nitrogen and oxygen atoms in total. The summed E-state index contributed by atoms with van der Waals surface area (Å²) in [5, 5.41) is 14.9. The number of nitrogens with one attached hydrogen (secondary N) is 1. The average molecular weight is 438 g/mol. The third-order valence-corrected chi connectivity index (χ3v) is 5.58. The summed E-state index contributed by atoms with van der Waals surface area (Å²) in [5.41, 5.74) is 2.20. The molecule has 0 radical (unpaired) electrons. The Kier molecular flexibility index (Phi) is 6.60. The first kappa shape index (κ1) is 21.7. The lowest BCUT2D eigenvalue weighted by molar-refractivity contribution is 0.0706. The fourth-order valence-electron chi connectivity index (χ4n) is 3.88. The zero-order chi connectivity index (χ0) is 22.5. The van der Waals surface area contributed by atoms with Gasteiger partial charge in [0.1, 0.15) is 5.76 Å². The molecule has 1 aliphatic rings. The number of nitrogens with zero attached hydrogens (tertiary/aromatic N) is 5. The van der Waals surface area contributed by atoms with Gasteiger partial charge in [-0.3, -0.25) is 9.59 Å². The lowest BCUT2D eigenvalue weighted by Crippen LogP contribution is -2.38. The largest absolute Gasteiger partial charge is 0.380 e. The molecule has 10 heteroatoms. The highest BCUT2D eigenvalue weighted by Gasteiger charge is 2.33. The van der Waals surface area contributed by atoms with Crippen molar-refractivity contribution in [3.63, 3.8) is 0 Å². The first-order valence-corrected chi connectivity index (χ1v) is 10.5. The van der Waals surface area contributed by atoms with Crippen molar-refractivity contribution in [3.05, 3.63) is 64.8 Å². The molecule has 0 bridgehead atoms. The second-order valence-electron chi connectivity index (χ2n) is 7.79. The van der Waals surface area contributed by atoms with Gasteiger partial charge < -0.3 is 19.5 Å². The van der Waals surface area contributed by atoms with E-state index in [2.05, 4.69) is 20.8 Å². The summed E-state index contributed by atoms with van der Waals surface area (Å²) in [6.07, 6.45) is 3.32. The molecule has 2 amide bonds. The van der Waals surface area contributed by atoms with Crippen LogP contribution in [0.25, 0.3) is 0 Å². The minimum absolute atomic E-state index is 0.0724. The SMILES string of the molecule is COCc1c(C(=O)N2CCC[C@H]2Cn2cc(C(=O)NCc3ccccc3)nn2)noc1C. The van der Waals surface area contributed by atoms with E-state index in [1.807, 2.05) is 30.3 Å². The highest BCUT2D eigenvalue weighted by molar-refractivity contribution is 5.94. The first-order valence-electron chi connectivity index (χ1n) is 10.5. The maximum atomic E-state index is 13.1. The van der Waals surface area contributed by atoms with Crippen LogP contribution in [-0.2, 0) is 24.4 Å². The Morgan fingerprint density at radius 2 is 2.09 bits per heavy atom. The number of carbonyl (C=O) groups excluding carboxylic acids is 2. The molecule has 2 aromatic heterocycles. The van der Waals surface area contributed by atoms with E-state index >= 15 is 0 Å². The van der Waals surface area contributed by atoms with Crippen LogP contribution >= 0.6 is 0 Å². The molecule has 1 N–H and O–H groups in total. The second kappa shape index (κ2) is 9.73. The van der Waals surface area contributed by atoms with E-state index in [1.165, 1.54) is 0 Å². The zero-order valence-electron chi connectivity index (χ0n) is 18.2. The highest BCUT2D eigenvalue weighted by Crippen LogP contribution is 2.24. The first-order chi connectivity index (χ1) is 15.6. The van der Waals surface area contributed by atoms with E-state index in [9.17, 15) is 9.59 Å². The molecule has 0 unspecified atom stereocenters. The van der Waals surface area contributed by atoms with Gasteiger partial charge in [-0.05, 0) is 25.3 Å². The van der Waals surface area contributed by atoms with Crippen molar-refractivity contribution in [2.45, 2.75) is 45.5 Å². The molecule has 0 aliphatic carbocycles. The fraction of sp³-hybridized carbons (Fsp3) is 0.409. The monoisotopic (exact) mass is 438 g/mol. The molecule has 0 saturated carbocycles. The van der Waals surface area contributed by atoms with Crippen molar-refractivity contribution in [3.8, 4) is 0 Å². The number of hydrogen-bond acceptors (Lipinski definition) is 7. The fourth-order valence-corrected chi connectivity index (χ4v) is 3.88. The van der Waals surface area contributed by atoms with Gasteiger partial charge in [0.25, 0.3) is 11.8 Å². The number of rotatable bonds is 8. The molecule has 1 aliphatic heterocycles. The minimum atomic E-state index is -0.290. The van der Waals surface area contributed by atoms with E-state index in [0.717, 1.165) is 18.4 Å². The predicted molar refractivity (Wildman–Crippen MR) is 114 cm³/mol. The minimum Gasteiger partial charge on any atom is -0.380 e. The van der Waals surface area contributed by atoms with Crippen molar-refractivity contribution >= 4 is 11.8 Å². The molecule has 4 rings (SSSR count). The highest BCUT2D eigenvalue weighted by atomic mass is 16.5. The van der Waals surface area contributed by atoms with Crippen LogP contribution in [0.2, 0.25) is 0 Å². The molecule has 3 heterocycles. The van der Waals surface area contributed by atoms with Crippen LogP contribution in [0.4, 0.5) is 0 Å². The van der Waals surface area contributed by atoms with E-state index in [4.69, 9.17) is 9.26 Å². The summed E-state index contributed by atoms with van der Waals surface area (Å²) in [7, 11) is 1.57. The molecule has 168 valence electrons. The van der Waals surface area contributed by atoms with Gasteiger partial charge in [-0.1, -0.05) is 40.7 Å². The Labute approximate surface area is 185 Å². The number of ether oxygens (including phenoxy) is 1. The van der Waals surface area contributed by atoms with Crippen LogP contribution < -0.4 is 5.32 Å². The van der Waals surface area contributed by atoms with Crippen molar-refractivity contribution in [1.82, 2.24) is 30.4 Å². The zero-order valence-corrected chi connectivity index (χ0v) is 18.2. The molecule has 1 saturated heterocycles. The van der Waals surface area contributed by atoms with Gasteiger partial charge in [0.2, 0.25) is 0 Å². The Morgan fingerprint density at radius 3 is 2.88 bits per heavy atom. The molecular weight excluding hydrogens is 412 g/mol. The topological polar surface area (TPSA) is 115 Å². The van der Waals surface area contributed by atoms with Crippen LogP contribution in [0.5, 0.6) is 0 Å². The summed E-state index contributed by atoms with van der Waals surface area (Å²) >= 11 is 0. The van der Waals surface area contributed by atoms with E-state index < -0.39 is 0 Å². The summed E-state index contributed by atoms with van der Waals surface area (Å²) in [6.45, 7) is 3.51. The lowest BCUT2D eigenvalue weighted by atomic mass is 10.1. The molecule has 0 spiro atoms. The maximum absolute atomic E-state index is 13.1. The van der Waals surface area contributed by atoms with Gasteiger partial charge in [0.05, 0.1) is 31.0 Å². The molecule has 1 aromatic carbocycles. The van der Waals surface area contributed by atoms with Crippen molar-refractivity contribution in [1.29, 1.82) is 0 Å². The standard InChI is InChI=1S/C22H26N6O4/c1-15-18(14-31-2)20(25-32-15)22(30)28-10-6-9-17(28)12-27-13-19(24-26-27)21(29)23-11-16-7-4-3-5-8-16/h3-5,7-8,13,17H,6,9-12,14H2,1-2H3,(H,23,29)/t17-/m0/s1. The van der Waals surface area contributed by atoms with Crippen LogP contribution in [0, 0.1) is 6.92 Å². The van der Waals surface area contributed by atoms with Gasteiger partial charge in [0.15, 0.2) is 11.4 Å². The lowest BCUT2D eigenvalue weighted by Gasteiger charge is -2.23. The van der Waals surface area contributed by atoms with Crippen molar-refractivity contribution in [2.75, 3.05) is 13.7 Å². The van der Waals surface area contributed by atoms with Gasteiger partial charge in [-0.15, -0.1) is 5.10 Å². The van der Waals surface area contributed by atoms with Gasteiger partial charge >= 0.3 is 0 Å². The normalized spacial score (nSPS) is 15.8. The van der Waals surface area contributed by atoms with E-state index in [-0.39, 0.29) is 35.9 Å². The number of aromatic nitrogens is 4. The number of benzene rings is 1. The number of amides is 2. The molecule has 1 fully saturated rings. The number of aryl methyl sites for hydroxylation is 1. The van der Waals surface area contributed by atoms with Crippen LogP contribution in [0.3, 0.4) is 0 Å². The summed E-state index contributed by atoms with van der Waals surface area (Å²) < 4.78 is 12.0. The Hall–Kier alpha value is -3.53. The Morgan fingerprint density at radius 1 is 1.28 bits per heavy atom. The third kappa shape index (κ3) is 4.70. The number of hydrogen-bond donors (Lipinski definition) is 1. The molecular formula is C22H26N6O4. The number of methoxy groups -OCH3 is 1. The summed E-state index contributed by atoms with van der Waals surface area (Å²) in [5.74, 6) is 0.104. The van der Waals surface area contributed by atoms with Crippen LogP contribution in [-0.4, -0.2) is 56.6 Å². The maximum Gasteiger partial charge on any atom is 0.276 e. The molecule has 1 atom stereocenters. The van der Waals surface area contributed by atoms with E-state index in [1.54, 1.807) is 29.8 Å². The number of carbonyl (C=O) groups is 2. The molecule has 32 heavy (non-hydrogen) atoms. The van der Waals surface area contributed by atoms with E-state index in [0.29, 0.717) is 31.0 Å². The Bertz CT molecular complexity index is 1080. The van der Waals surface area contributed by atoms with Crippen molar-refractivity contribution < 1.29 is 18.8 Å². The predicted octanol–water partition coefficient (Wildman–Crippen LogP) is 1.96. The van der Waals surface area contributed by atoms with Gasteiger partial charge in [0, 0.05) is 20.2 Å². The van der Waals surface area contributed by atoms with Crippen LogP contribution in [0.1, 0.15) is 50.7 Å². The quantitative estimate of drug-likeness (QED) is 0.571. The van der Waals surface area contributed by atoms with Crippen molar-refractivity contribution in [2.24, 2.45) is 0 Å². The average Bonchev–Trinajstić information content (AvgIpc) is 3.54. The smallest absolute Gasteiger partial charge is 0.276 e. The third-order valence-electron chi connectivity index (χ3n) is 5.58. The Balaban J connectivity index is 1.39. The number of likely N-dealkylation sites (tertiary alicyclic amines) is 1. The summed E-state index contributed by atoms with van der Waals surface area (Å²) in [4.78, 5) is 27.3.